The van der Waals surface area contributed by atoms with E-state index in [1.807, 2.05) is 51.1 Å². The molecule has 1 aliphatic rings. The van der Waals surface area contributed by atoms with Crippen LogP contribution in [0.3, 0.4) is 0 Å². The van der Waals surface area contributed by atoms with Crippen molar-refractivity contribution in [1.82, 2.24) is 16.0 Å². The van der Waals surface area contributed by atoms with E-state index in [1.165, 1.54) is 12.8 Å². The molecule has 7 heteroatoms. The van der Waals surface area contributed by atoms with Crippen molar-refractivity contribution in [3.8, 4) is 0 Å². The van der Waals surface area contributed by atoms with E-state index in [0.717, 1.165) is 37.7 Å². The Hall–Kier alpha value is -2.28. The summed E-state index contributed by atoms with van der Waals surface area (Å²) in [6.07, 6.45) is 3.11. The van der Waals surface area contributed by atoms with Crippen LogP contribution in [-0.4, -0.2) is 51.0 Å². The lowest BCUT2D eigenvalue weighted by atomic mass is 10.1. The van der Waals surface area contributed by atoms with Gasteiger partial charge in [0.1, 0.15) is 5.60 Å². The normalized spacial score (nSPS) is 15.5. The summed E-state index contributed by atoms with van der Waals surface area (Å²) in [6.45, 7) is 8.46. The Morgan fingerprint density at radius 2 is 1.93 bits per heavy atom. The highest BCUT2D eigenvalue weighted by atomic mass is 16.6. The minimum atomic E-state index is -0.544. The van der Waals surface area contributed by atoms with Gasteiger partial charge in [-0.05, 0) is 51.5 Å². The van der Waals surface area contributed by atoms with E-state index in [2.05, 4.69) is 20.9 Å². The van der Waals surface area contributed by atoms with Crippen molar-refractivity contribution >= 4 is 12.1 Å². The number of rotatable bonds is 10. The van der Waals surface area contributed by atoms with Crippen molar-refractivity contribution < 1.29 is 14.3 Å². The maximum atomic E-state index is 12.3. The molecular weight excluding hydrogens is 368 g/mol. The van der Waals surface area contributed by atoms with Crippen LogP contribution < -0.4 is 16.0 Å². The van der Waals surface area contributed by atoms with E-state index >= 15 is 0 Å². The molecule has 1 fully saturated rings. The van der Waals surface area contributed by atoms with Crippen molar-refractivity contribution in [2.45, 2.75) is 51.7 Å². The van der Waals surface area contributed by atoms with Crippen molar-refractivity contribution in [3.05, 3.63) is 35.9 Å². The maximum Gasteiger partial charge on any atom is 0.408 e. The molecule has 1 aromatic carbocycles. The Balaban J connectivity index is 1.79. The predicted octanol–water partition coefficient (Wildman–Crippen LogP) is 3.23. The third kappa shape index (κ3) is 10.2. The largest absolute Gasteiger partial charge is 0.444 e. The first kappa shape index (κ1) is 23.0. The van der Waals surface area contributed by atoms with E-state index in [-0.39, 0.29) is 6.04 Å². The molecule has 1 aliphatic carbocycles. The monoisotopic (exact) mass is 404 g/mol. The first-order chi connectivity index (χ1) is 13.9. The number of hydrogen-bond acceptors (Lipinski definition) is 4. The van der Waals surface area contributed by atoms with Crippen LogP contribution in [0.5, 0.6) is 0 Å². The lowest BCUT2D eigenvalue weighted by molar-refractivity contribution is 0.0504. The molecule has 29 heavy (non-hydrogen) atoms. The molecule has 0 spiro atoms. The first-order valence-corrected chi connectivity index (χ1v) is 10.4. The van der Waals surface area contributed by atoms with Crippen molar-refractivity contribution in [3.63, 3.8) is 0 Å². The van der Waals surface area contributed by atoms with E-state index in [4.69, 9.17) is 9.47 Å². The zero-order valence-corrected chi connectivity index (χ0v) is 18.2. The van der Waals surface area contributed by atoms with Gasteiger partial charge in [-0.2, -0.15) is 0 Å². The van der Waals surface area contributed by atoms with Crippen molar-refractivity contribution in [1.29, 1.82) is 0 Å². The number of alkyl carbamates (subject to hydrolysis) is 1. The molecule has 0 heterocycles. The fourth-order valence-corrected chi connectivity index (χ4v) is 2.72. The topological polar surface area (TPSA) is 84.0 Å². The fourth-order valence-electron chi connectivity index (χ4n) is 2.72. The minimum Gasteiger partial charge on any atom is -0.444 e. The highest BCUT2D eigenvalue weighted by Crippen LogP contribution is 2.28. The highest BCUT2D eigenvalue weighted by Gasteiger charge is 2.21. The number of hydrogen-bond donors (Lipinski definition) is 3. The smallest absolute Gasteiger partial charge is 0.408 e. The Morgan fingerprint density at radius 3 is 2.55 bits per heavy atom. The number of aliphatic imine (C=N–C) groups is 1. The zero-order valence-electron chi connectivity index (χ0n) is 18.2. The average molecular weight is 405 g/mol. The van der Waals surface area contributed by atoms with Crippen LogP contribution in [0.15, 0.2) is 35.3 Å². The molecule has 2 rings (SSSR count). The number of benzene rings is 1. The molecule has 0 aromatic heterocycles. The average Bonchev–Trinajstić information content (AvgIpc) is 3.49. The Bertz CT molecular complexity index is 639. The van der Waals surface area contributed by atoms with Gasteiger partial charge in [-0.3, -0.25) is 4.99 Å². The third-order valence-electron chi connectivity index (χ3n) is 4.40. The van der Waals surface area contributed by atoms with Gasteiger partial charge >= 0.3 is 6.09 Å². The van der Waals surface area contributed by atoms with Gasteiger partial charge in [0.05, 0.1) is 6.04 Å². The number of nitrogens with one attached hydrogen (secondary N) is 3. The Labute approximate surface area is 174 Å². The molecule has 1 saturated carbocycles. The van der Waals surface area contributed by atoms with Gasteiger partial charge in [-0.1, -0.05) is 30.3 Å². The van der Waals surface area contributed by atoms with Gasteiger partial charge in [0.15, 0.2) is 5.96 Å². The lowest BCUT2D eigenvalue weighted by Gasteiger charge is -2.24. The summed E-state index contributed by atoms with van der Waals surface area (Å²) in [7, 11) is 1.73. The van der Waals surface area contributed by atoms with Gasteiger partial charge in [-0.15, -0.1) is 0 Å². The van der Waals surface area contributed by atoms with Gasteiger partial charge in [0.25, 0.3) is 0 Å². The van der Waals surface area contributed by atoms with Gasteiger partial charge in [-0.25, -0.2) is 4.79 Å². The number of ether oxygens (including phenoxy) is 2. The van der Waals surface area contributed by atoms with E-state index in [1.54, 1.807) is 7.05 Å². The number of carbonyl (C=O) groups excluding carboxylic acids is 1. The molecule has 0 bridgehead atoms. The first-order valence-electron chi connectivity index (χ1n) is 10.4. The Morgan fingerprint density at radius 1 is 1.21 bits per heavy atom. The van der Waals surface area contributed by atoms with Crippen molar-refractivity contribution in [2.24, 2.45) is 10.9 Å². The third-order valence-corrected chi connectivity index (χ3v) is 4.40. The summed E-state index contributed by atoms with van der Waals surface area (Å²) in [5.74, 6) is 1.49. The second kappa shape index (κ2) is 11.7. The minimum absolute atomic E-state index is 0.244. The summed E-state index contributed by atoms with van der Waals surface area (Å²) in [5, 5.41) is 9.51. The molecule has 0 radical (unpaired) electrons. The summed E-state index contributed by atoms with van der Waals surface area (Å²) >= 11 is 0. The second-order valence-corrected chi connectivity index (χ2v) is 8.36. The maximum absolute atomic E-state index is 12.3. The van der Waals surface area contributed by atoms with E-state index in [9.17, 15) is 4.79 Å². The van der Waals surface area contributed by atoms with Gasteiger partial charge < -0.3 is 25.4 Å². The van der Waals surface area contributed by atoms with Crippen LogP contribution in [0, 0.1) is 5.92 Å². The summed E-state index contributed by atoms with van der Waals surface area (Å²) in [6, 6.07) is 9.58. The van der Waals surface area contributed by atoms with E-state index < -0.39 is 11.7 Å². The summed E-state index contributed by atoms with van der Waals surface area (Å²) in [5.41, 5.74) is 0.451. The molecule has 162 valence electrons. The lowest BCUT2D eigenvalue weighted by Crippen LogP contribution is -2.44. The predicted molar refractivity (Wildman–Crippen MR) is 116 cm³/mol. The highest BCUT2D eigenvalue weighted by molar-refractivity contribution is 5.79. The molecular formula is C22H36N4O3. The number of amides is 1. The number of nitrogens with zero attached hydrogens (tertiary/aromatic N) is 1. The molecule has 0 saturated heterocycles. The van der Waals surface area contributed by atoms with Crippen molar-refractivity contribution in [2.75, 3.05) is 33.4 Å². The molecule has 1 unspecified atom stereocenters. The number of carbonyl (C=O) groups is 1. The molecule has 7 nitrogen and oxygen atoms in total. The fraction of sp³-hybridized carbons (Fsp3) is 0.636. The zero-order chi connectivity index (χ0) is 21.1. The van der Waals surface area contributed by atoms with Crippen LogP contribution >= 0.6 is 0 Å². The van der Waals surface area contributed by atoms with Crippen LogP contribution in [0.4, 0.5) is 4.79 Å². The summed E-state index contributed by atoms with van der Waals surface area (Å²) < 4.78 is 11.1. The Kier molecular flexibility index (Phi) is 9.25. The molecule has 1 atom stereocenters. The van der Waals surface area contributed by atoms with Gasteiger partial charge in [0, 0.05) is 33.4 Å². The van der Waals surface area contributed by atoms with Crippen LogP contribution in [0.2, 0.25) is 0 Å². The molecule has 0 aliphatic heterocycles. The SMILES string of the molecule is CN=C(NCCCOCC1CC1)NCC(NC(=O)OC(C)(C)C)c1ccccc1. The van der Waals surface area contributed by atoms with Gasteiger partial charge in [0.2, 0.25) is 0 Å². The van der Waals surface area contributed by atoms with E-state index in [0.29, 0.717) is 12.5 Å². The second-order valence-electron chi connectivity index (χ2n) is 8.36. The van der Waals surface area contributed by atoms with Crippen LogP contribution in [-0.2, 0) is 9.47 Å². The standard InChI is InChI=1S/C22H36N4O3/c1-22(2,3)29-21(27)26-19(18-9-6-5-7-10-18)15-25-20(23-4)24-13-8-14-28-16-17-11-12-17/h5-7,9-10,17,19H,8,11-16H2,1-4H3,(H,26,27)(H2,23,24,25). The summed E-state index contributed by atoms with van der Waals surface area (Å²) in [4.78, 5) is 16.5. The molecule has 1 amide bonds. The van der Waals surface area contributed by atoms with Crippen LogP contribution in [0.25, 0.3) is 0 Å². The quantitative estimate of drug-likeness (QED) is 0.317. The molecule has 3 N–H and O–H groups in total. The van der Waals surface area contributed by atoms with Crippen LogP contribution in [0.1, 0.15) is 51.6 Å². The molecule has 1 aromatic rings. The number of guanidine groups is 1.